The first kappa shape index (κ1) is 17.8. The van der Waals surface area contributed by atoms with Gasteiger partial charge in [-0.25, -0.2) is 18.7 Å². The Labute approximate surface area is 159 Å². The molecule has 2 atom stereocenters. The standard InChI is InChI=1S/C19H17F2N5S/c1-8(9(2)22)15-16-17(27-18(15)23)19(25-7-24-16)26-14-6-11(14)10-3-4-12(20)13(21)5-10/h3-5,7,11,14,22-23H,6H2,1-2H3,(H,24,25,26)/b15-8-,22-9?,23-18?. The average molecular weight is 385 g/mol. The second-order valence-electron chi connectivity index (χ2n) is 6.72. The molecule has 3 N–H and O–H groups in total. The summed E-state index contributed by atoms with van der Waals surface area (Å²) < 4.78 is 26.6. The topological polar surface area (TPSA) is 85.5 Å². The highest BCUT2D eigenvalue weighted by atomic mass is 32.2. The first-order valence-electron chi connectivity index (χ1n) is 8.47. The molecule has 8 heteroatoms. The van der Waals surface area contributed by atoms with E-state index >= 15 is 0 Å². The molecule has 0 radical (unpaired) electrons. The second-order valence-corrected chi connectivity index (χ2v) is 7.74. The number of anilines is 1. The fraction of sp³-hybridized carbons (Fsp3) is 0.263. The molecule has 0 bridgehead atoms. The van der Waals surface area contributed by atoms with Crippen LogP contribution in [-0.4, -0.2) is 26.8 Å². The van der Waals surface area contributed by atoms with Gasteiger partial charge in [0.05, 0.1) is 10.6 Å². The van der Waals surface area contributed by atoms with E-state index in [0.29, 0.717) is 27.8 Å². The minimum Gasteiger partial charge on any atom is -0.366 e. The number of hydrogen-bond acceptors (Lipinski definition) is 6. The molecule has 1 saturated carbocycles. The number of halogens is 2. The largest absolute Gasteiger partial charge is 0.366 e. The molecule has 5 nitrogen and oxygen atoms in total. The molecule has 0 amide bonds. The van der Waals surface area contributed by atoms with Crippen LogP contribution >= 0.6 is 11.8 Å². The van der Waals surface area contributed by atoms with Gasteiger partial charge in [0.25, 0.3) is 0 Å². The lowest BCUT2D eigenvalue weighted by Gasteiger charge is -2.09. The Morgan fingerprint density at radius 1 is 1.22 bits per heavy atom. The SMILES string of the molecule is CC(=N)/C(C)=C1\C(=N)Sc2c(NC3CC3c3ccc(F)c(F)c3)ncnc21. The van der Waals surface area contributed by atoms with Gasteiger partial charge >= 0.3 is 0 Å². The number of nitrogens with one attached hydrogen (secondary N) is 3. The van der Waals surface area contributed by atoms with Crippen LogP contribution in [0, 0.1) is 22.5 Å². The van der Waals surface area contributed by atoms with Crippen molar-refractivity contribution in [2.45, 2.75) is 37.1 Å². The normalized spacial score (nSPS) is 22.4. The fourth-order valence-corrected chi connectivity index (χ4v) is 4.20. The third-order valence-corrected chi connectivity index (χ3v) is 5.89. The molecule has 2 heterocycles. The van der Waals surface area contributed by atoms with Crippen molar-refractivity contribution in [2.24, 2.45) is 0 Å². The maximum Gasteiger partial charge on any atom is 0.159 e. The van der Waals surface area contributed by atoms with Crippen molar-refractivity contribution in [2.75, 3.05) is 5.32 Å². The molecule has 2 aromatic rings. The van der Waals surface area contributed by atoms with Gasteiger partial charge in [0, 0.05) is 23.2 Å². The number of thioether (sulfide) groups is 1. The first-order chi connectivity index (χ1) is 12.9. The summed E-state index contributed by atoms with van der Waals surface area (Å²) in [6, 6.07) is 4.07. The van der Waals surface area contributed by atoms with Crippen LogP contribution in [0.3, 0.4) is 0 Å². The molecule has 1 aliphatic carbocycles. The molecule has 4 rings (SSSR count). The van der Waals surface area contributed by atoms with Crippen molar-refractivity contribution in [3.63, 3.8) is 0 Å². The molecule has 27 heavy (non-hydrogen) atoms. The summed E-state index contributed by atoms with van der Waals surface area (Å²) in [5.74, 6) is -0.951. The van der Waals surface area contributed by atoms with Crippen LogP contribution in [0.2, 0.25) is 0 Å². The van der Waals surface area contributed by atoms with Gasteiger partial charge in [-0.3, -0.25) is 5.41 Å². The summed E-state index contributed by atoms with van der Waals surface area (Å²) in [6.45, 7) is 3.51. The van der Waals surface area contributed by atoms with Crippen molar-refractivity contribution in [3.05, 3.63) is 53.0 Å². The Bertz CT molecular complexity index is 1020. The van der Waals surface area contributed by atoms with Crippen molar-refractivity contribution in [1.29, 1.82) is 10.8 Å². The molecule has 138 valence electrons. The highest BCUT2D eigenvalue weighted by Gasteiger charge is 2.40. The highest BCUT2D eigenvalue weighted by Crippen LogP contribution is 2.47. The summed E-state index contributed by atoms with van der Waals surface area (Å²) in [5.41, 5.74) is 3.21. The summed E-state index contributed by atoms with van der Waals surface area (Å²) >= 11 is 1.27. The van der Waals surface area contributed by atoms with Crippen LogP contribution < -0.4 is 5.32 Å². The molecule has 1 fully saturated rings. The van der Waals surface area contributed by atoms with E-state index in [4.69, 9.17) is 10.8 Å². The van der Waals surface area contributed by atoms with Crippen LogP contribution in [0.5, 0.6) is 0 Å². The van der Waals surface area contributed by atoms with Gasteiger partial charge < -0.3 is 10.7 Å². The van der Waals surface area contributed by atoms with Crippen LogP contribution in [0.1, 0.15) is 37.4 Å². The molecule has 1 aromatic carbocycles. The van der Waals surface area contributed by atoms with Gasteiger partial charge in [0.1, 0.15) is 17.2 Å². The van der Waals surface area contributed by atoms with Gasteiger partial charge in [0.15, 0.2) is 11.6 Å². The lowest BCUT2D eigenvalue weighted by molar-refractivity contribution is 0.507. The third kappa shape index (κ3) is 3.14. The number of nitrogens with zero attached hydrogens (tertiary/aromatic N) is 2. The lowest BCUT2D eigenvalue weighted by Crippen LogP contribution is -2.08. The van der Waals surface area contributed by atoms with E-state index in [9.17, 15) is 8.78 Å². The van der Waals surface area contributed by atoms with E-state index in [1.807, 2.05) is 6.92 Å². The smallest absolute Gasteiger partial charge is 0.159 e. The number of fused-ring (bicyclic) bond motifs is 1. The molecule has 2 aliphatic rings. The summed E-state index contributed by atoms with van der Waals surface area (Å²) in [4.78, 5) is 9.41. The predicted molar refractivity (Wildman–Crippen MR) is 103 cm³/mol. The zero-order valence-electron chi connectivity index (χ0n) is 14.7. The average Bonchev–Trinajstić information content (AvgIpc) is 3.30. The van der Waals surface area contributed by atoms with Crippen molar-refractivity contribution in [3.8, 4) is 0 Å². The Morgan fingerprint density at radius 2 is 2.00 bits per heavy atom. The molecule has 1 aliphatic heterocycles. The van der Waals surface area contributed by atoms with Crippen LogP contribution in [0.15, 0.2) is 35.0 Å². The minimum atomic E-state index is -0.844. The van der Waals surface area contributed by atoms with E-state index in [1.54, 1.807) is 13.0 Å². The molecular formula is C19H17F2N5S. The van der Waals surface area contributed by atoms with E-state index in [2.05, 4.69) is 15.3 Å². The third-order valence-electron chi connectivity index (χ3n) is 4.89. The van der Waals surface area contributed by atoms with Gasteiger partial charge in [-0.1, -0.05) is 17.8 Å². The molecule has 0 saturated heterocycles. The van der Waals surface area contributed by atoms with Gasteiger partial charge in [-0.15, -0.1) is 0 Å². The quantitative estimate of drug-likeness (QED) is 0.671. The maximum absolute atomic E-state index is 13.5. The van der Waals surface area contributed by atoms with Gasteiger partial charge in [-0.05, 0) is 43.5 Å². The predicted octanol–water partition coefficient (Wildman–Crippen LogP) is 4.62. The Kier molecular flexibility index (Phi) is 4.30. The van der Waals surface area contributed by atoms with E-state index in [-0.39, 0.29) is 12.0 Å². The minimum absolute atomic E-state index is 0.0715. The number of rotatable bonds is 4. The Morgan fingerprint density at radius 3 is 2.70 bits per heavy atom. The number of benzene rings is 1. The molecular weight excluding hydrogens is 368 g/mol. The van der Waals surface area contributed by atoms with Crippen LogP contribution in [0.4, 0.5) is 14.6 Å². The van der Waals surface area contributed by atoms with Gasteiger partial charge in [0.2, 0.25) is 0 Å². The van der Waals surface area contributed by atoms with Gasteiger partial charge in [-0.2, -0.15) is 0 Å². The highest BCUT2D eigenvalue weighted by molar-refractivity contribution is 8.15. The zero-order valence-corrected chi connectivity index (χ0v) is 15.5. The lowest BCUT2D eigenvalue weighted by atomic mass is 10.0. The molecule has 2 unspecified atom stereocenters. The number of allylic oxidation sites excluding steroid dienone is 1. The zero-order chi connectivity index (χ0) is 19.3. The Balaban J connectivity index is 1.59. The maximum atomic E-state index is 13.5. The van der Waals surface area contributed by atoms with E-state index in [1.165, 1.54) is 24.2 Å². The molecule has 0 spiro atoms. The summed E-state index contributed by atoms with van der Waals surface area (Å²) in [6.07, 6.45) is 2.25. The summed E-state index contributed by atoms with van der Waals surface area (Å²) in [7, 11) is 0. The van der Waals surface area contributed by atoms with E-state index < -0.39 is 11.6 Å². The van der Waals surface area contributed by atoms with Crippen LogP contribution in [-0.2, 0) is 0 Å². The van der Waals surface area contributed by atoms with Crippen molar-refractivity contribution >= 4 is 33.9 Å². The monoisotopic (exact) mass is 385 g/mol. The molecule has 1 aromatic heterocycles. The summed E-state index contributed by atoms with van der Waals surface area (Å²) in [5, 5.41) is 19.8. The fourth-order valence-electron chi connectivity index (χ4n) is 3.19. The van der Waals surface area contributed by atoms with E-state index in [0.717, 1.165) is 28.5 Å². The van der Waals surface area contributed by atoms with Crippen molar-refractivity contribution in [1.82, 2.24) is 9.97 Å². The Hall–Kier alpha value is -2.61. The number of hydrogen-bond donors (Lipinski definition) is 3. The van der Waals surface area contributed by atoms with Crippen molar-refractivity contribution < 1.29 is 8.78 Å². The van der Waals surface area contributed by atoms with Crippen LogP contribution in [0.25, 0.3) is 5.57 Å². The first-order valence-corrected chi connectivity index (χ1v) is 9.28. The number of aromatic nitrogens is 2. The second kappa shape index (κ2) is 6.53.